The van der Waals surface area contributed by atoms with Crippen LogP contribution in [-0.4, -0.2) is 49.0 Å². The highest BCUT2D eigenvalue weighted by molar-refractivity contribution is 9.10. The van der Waals surface area contributed by atoms with Crippen LogP contribution in [0.15, 0.2) is 44.0 Å². The van der Waals surface area contributed by atoms with Gasteiger partial charge in [-0.05, 0) is 50.1 Å². The average molecular weight is 593 g/mol. The Kier molecular flexibility index (Phi) is 8.10. The number of hydrogen-bond donors (Lipinski definition) is 0. The number of sulfonamides is 1. The third-order valence-corrected chi connectivity index (χ3v) is 10.5. The summed E-state index contributed by atoms with van der Waals surface area (Å²) in [6.07, 6.45) is 1.91. The van der Waals surface area contributed by atoms with E-state index in [1.165, 1.54) is 21.7 Å². The van der Waals surface area contributed by atoms with Crippen LogP contribution < -0.4 is 4.80 Å². The van der Waals surface area contributed by atoms with E-state index in [-0.39, 0.29) is 10.8 Å². The molecule has 7 nitrogen and oxygen atoms in total. The Balaban J connectivity index is 1.72. The summed E-state index contributed by atoms with van der Waals surface area (Å²) in [6, 6.07) is 8.12. The standard InChI is InChI=1S/C21H23BrClN3O4S3/c1-2-30-12-11-25-15-7-6-14(22)13-17(15)31-21(25)24-20(27)16-5-3-4-10-26(16)33(28,29)19-9-8-18(23)32-19/h6-9,13,16H,2-5,10-12H2,1H3. The van der Waals surface area contributed by atoms with E-state index in [0.29, 0.717) is 41.7 Å². The molecule has 1 fully saturated rings. The van der Waals surface area contributed by atoms with Gasteiger partial charge < -0.3 is 9.30 Å². The highest BCUT2D eigenvalue weighted by Crippen LogP contribution is 2.32. The second-order valence-corrected chi connectivity index (χ2v) is 13.2. The van der Waals surface area contributed by atoms with Gasteiger partial charge in [0.15, 0.2) is 4.80 Å². The molecule has 1 unspecified atom stereocenters. The van der Waals surface area contributed by atoms with Crippen molar-refractivity contribution in [3.05, 3.63) is 43.9 Å². The summed E-state index contributed by atoms with van der Waals surface area (Å²) in [4.78, 5) is 18.3. The molecule has 0 bridgehead atoms. The monoisotopic (exact) mass is 591 g/mol. The fourth-order valence-electron chi connectivity index (χ4n) is 3.81. The van der Waals surface area contributed by atoms with Crippen LogP contribution in [0.2, 0.25) is 4.34 Å². The zero-order valence-electron chi connectivity index (χ0n) is 17.9. The van der Waals surface area contributed by atoms with Crippen molar-refractivity contribution < 1.29 is 17.9 Å². The topological polar surface area (TPSA) is 81.0 Å². The lowest BCUT2D eigenvalue weighted by Crippen LogP contribution is -2.47. The van der Waals surface area contributed by atoms with Gasteiger partial charge in [0.25, 0.3) is 15.9 Å². The smallest absolute Gasteiger partial charge is 0.266 e. The van der Waals surface area contributed by atoms with Crippen LogP contribution in [0.3, 0.4) is 0 Å². The second-order valence-electron chi connectivity index (χ2n) is 7.48. The lowest BCUT2D eigenvalue weighted by Gasteiger charge is -2.31. The second kappa shape index (κ2) is 10.7. The van der Waals surface area contributed by atoms with Crippen LogP contribution in [-0.2, 0) is 26.1 Å². The van der Waals surface area contributed by atoms with Gasteiger partial charge in [-0.15, -0.1) is 11.3 Å². The molecule has 12 heteroatoms. The maximum atomic E-state index is 13.3. The first-order valence-corrected chi connectivity index (χ1v) is 14.8. The van der Waals surface area contributed by atoms with Gasteiger partial charge in [0.2, 0.25) is 0 Å². The van der Waals surface area contributed by atoms with Crippen LogP contribution in [0.5, 0.6) is 0 Å². The number of carbonyl (C=O) groups excluding carboxylic acids is 1. The third kappa shape index (κ3) is 5.44. The van der Waals surface area contributed by atoms with E-state index in [9.17, 15) is 13.2 Å². The van der Waals surface area contributed by atoms with Crippen molar-refractivity contribution in [2.75, 3.05) is 19.8 Å². The van der Waals surface area contributed by atoms with Crippen molar-refractivity contribution in [1.82, 2.24) is 8.87 Å². The minimum atomic E-state index is -3.83. The molecule has 2 aromatic heterocycles. The molecule has 1 aromatic carbocycles. The van der Waals surface area contributed by atoms with Crippen LogP contribution in [0.1, 0.15) is 26.2 Å². The normalized spacial score (nSPS) is 18.3. The number of ether oxygens (including phenoxy) is 1. The number of hydrogen-bond acceptors (Lipinski definition) is 6. The predicted molar refractivity (Wildman–Crippen MR) is 135 cm³/mol. The molecule has 0 saturated carbocycles. The van der Waals surface area contributed by atoms with Gasteiger partial charge in [-0.25, -0.2) is 8.42 Å². The molecule has 0 radical (unpaired) electrons. The van der Waals surface area contributed by atoms with Crippen LogP contribution in [0, 0.1) is 0 Å². The largest absolute Gasteiger partial charge is 0.380 e. The number of piperidine rings is 1. The fraction of sp³-hybridized carbons (Fsp3) is 0.429. The highest BCUT2D eigenvalue weighted by Gasteiger charge is 2.38. The predicted octanol–water partition coefficient (Wildman–Crippen LogP) is 4.89. The van der Waals surface area contributed by atoms with E-state index in [0.717, 1.165) is 32.4 Å². The molecule has 1 atom stereocenters. The van der Waals surface area contributed by atoms with Gasteiger partial charge in [0.1, 0.15) is 10.3 Å². The van der Waals surface area contributed by atoms with E-state index in [4.69, 9.17) is 16.3 Å². The molecular weight excluding hydrogens is 570 g/mol. The zero-order valence-corrected chi connectivity index (χ0v) is 22.7. The molecule has 4 rings (SSSR count). The van der Waals surface area contributed by atoms with Crippen molar-refractivity contribution >= 4 is 76.4 Å². The minimum Gasteiger partial charge on any atom is -0.380 e. The van der Waals surface area contributed by atoms with Gasteiger partial charge in [0.05, 0.1) is 21.2 Å². The number of carbonyl (C=O) groups is 1. The SMILES string of the molecule is CCOCCn1c(=NC(=O)C2CCCCN2S(=O)(=O)c2ccc(Cl)s2)sc2cc(Br)ccc21. The molecule has 0 aliphatic carbocycles. The molecule has 1 saturated heterocycles. The molecule has 1 aliphatic rings. The Morgan fingerprint density at radius 3 is 2.82 bits per heavy atom. The van der Waals surface area contributed by atoms with Gasteiger partial charge in [-0.1, -0.05) is 45.3 Å². The van der Waals surface area contributed by atoms with Crippen molar-refractivity contribution in [1.29, 1.82) is 0 Å². The Hall–Kier alpha value is -1.08. The summed E-state index contributed by atoms with van der Waals surface area (Å²) in [7, 11) is -3.83. The molecule has 1 aliphatic heterocycles. The molecule has 0 spiro atoms. The number of amides is 1. The lowest BCUT2D eigenvalue weighted by molar-refractivity contribution is -0.122. The molecule has 3 heterocycles. The number of fused-ring (bicyclic) bond motifs is 1. The van der Waals surface area contributed by atoms with E-state index in [1.807, 2.05) is 29.7 Å². The summed E-state index contributed by atoms with van der Waals surface area (Å²) < 4.78 is 37.7. The number of thiazole rings is 1. The molecule has 3 aromatic rings. The summed E-state index contributed by atoms with van der Waals surface area (Å²) in [5.74, 6) is -0.447. The summed E-state index contributed by atoms with van der Waals surface area (Å²) in [5, 5.41) is 0. The van der Waals surface area contributed by atoms with E-state index >= 15 is 0 Å². The first-order chi connectivity index (χ1) is 15.8. The molecule has 0 N–H and O–H groups in total. The van der Waals surface area contributed by atoms with E-state index < -0.39 is 22.0 Å². The maximum absolute atomic E-state index is 13.3. The van der Waals surface area contributed by atoms with Crippen molar-refractivity contribution in [2.24, 2.45) is 4.99 Å². The van der Waals surface area contributed by atoms with Gasteiger partial charge in [-0.2, -0.15) is 9.30 Å². The van der Waals surface area contributed by atoms with E-state index in [2.05, 4.69) is 20.9 Å². The Labute approximate surface area is 213 Å². The number of aromatic nitrogens is 1. The fourth-order valence-corrected chi connectivity index (χ4v) is 8.69. The molecule has 33 heavy (non-hydrogen) atoms. The quantitative estimate of drug-likeness (QED) is 0.366. The van der Waals surface area contributed by atoms with Crippen molar-refractivity contribution in [3.8, 4) is 0 Å². The van der Waals surface area contributed by atoms with Crippen LogP contribution in [0.4, 0.5) is 0 Å². The number of halogens is 2. The summed E-state index contributed by atoms with van der Waals surface area (Å²) >= 11 is 11.9. The van der Waals surface area contributed by atoms with Gasteiger partial charge in [-0.3, -0.25) is 4.79 Å². The van der Waals surface area contributed by atoms with Crippen LogP contribution in [0.25, 0.3) is 10.2 Å². The number of nitrogens with zero attached hydrogens (tertiary/aromatic N) is 3. The molecular formula is C21H23BrClN3O4S3. The van der Waals surface area contributed by atoms with Crippen LogP contribution >= 0.6 is 50.2 Å². The Morgan fingerprint density at radius 2 is 2.09 bits per heavy atom. The van der Waals surface area contributed by atoms with E-state index in [1.54, 1.807) is 6.07 Å². The summed E-state index contributed by atoms with van der Waals surface area (Å²) in [5.41, 5.74) is 0.954. The first kappa shape index (κ1) is 25.0. The summed E-state index contributed by atoms with van der Waals surface area (Å²) in [6.45, 7) is 3.85. The Morgan fingerprint density at radius 1 is 1.27 bits per heavy atom. The lowest BCUT2D eigenvalue weighted by atomic mass is 10.0. The van der Waals surface area contributed by atoms with Gasteiger partial charge >= 0.3 is 0 Å². The number of thiophene rings is 1. The highest BCUT2D eigenvalue weighted by atomic mass is 79.9. The Bertz CT molecular complexity index is 1330. The number of rotatable bonds is 7. The third-order valence-electron chi connectivity index (χ3n) is 5.36. The molecule has 1 amide bonds. The van der Waals surface area contributed by atoms with Crippen molar-refractivity contribution in [2.45, 2.75) is 43.0 Å². The average Bonchev–Trinajstić information content (AvgIpc) is 3.37. The maximum Gasteiger partial charge on any atom is 0.266 e. The minimum absolute atomic E-state index is 0.144. The molecule has 178 valence electrons. The van der Waals surface area contributed by atoms with Gasteiger partial charge in [0, 0.05) is 24.2 Å². The number of benzene rings is 1. The van der Waals surface area contributed by atoms with Crippen molar-refractivity contribution in [3.63, 3.8) is 0 Å². The first-order valence-electron chi connectivity index (χ1n) is 10.5. The zero-order chi connectivity index (χ0) is 23.6.